The van der Waals surface area contributed by atoms with Crippen LogP contribution >= 0.6 is 0 Å². The smallest absolute Gasteiger partial charge is 0.221 e. The summed E-state index contributed by atoms with van der Waals surface area (Å²) in [5.41, 5.74) is 1.15. The molecule has 5 heteroatoms. The molecule has 5 nitrogen and oxygen atoms in total. The van der Waals surface area contributed by atoms with E-state index in [4.69, 9.17) is 0 Å². The molecule has 0 atom stereocenters. The van der Waals surface area contributed by atoms with Crippen LogP contribution in [-0.4, -0.2) is 28.8 Å². The zero-order valence-corrected chi connectivity index (χ0v) is 12.4. The molecule has 2 N–H and O–H groups in total. The summed E-state index contributed by atoms with van der Waals surface area (Å²) in [4.78, 5) is 11.5. The monoisotopic (exact) mass is 266 g/mol. The lowest BCUT2D eigenvalue weighted by molar-refractivity contribution is -0.121. The standard InChI is InChI=1S/C14H26N4O/c1-11(2)7-16-14(19)5-6-15-8-13-9-17-18(10-13)12(3)4/h9-12,15H,5-8H2,1-4H3,(H,16,19). The Bertz CT molecular complexity index is 385. The molecule has 0 aliphatic carbocycles. The zero-order chi connectivity index (χ0) is 14.3. The molecule has 0 aromatic carbocycles. The number of hydrogen-bond donors (Lipinski definition) is 2. The van der Waals surface area contributed by atoms with Gasteiger partial charge in [0.15, 0.2) is 0 Å². The maximum Gasteiger partial charge on any atom is 0.221 e. The van der Waals surface area contributed by atoms with E-state index < -0.39 is 0 Å². The van der Waals surface area contributed by atoms with Gasteiger partial charge in [0.25, 0.3) is 0 Å². The molecule has 0 radical (unpaired) electrons. The third-order valence-electron chi connectivity index (χ3n) is 2.75. The Morgan fingerprint density at radius 2 is 2.11 bits per heavy atom. The van der Waals surface area contributed by atoms with Gasteiger partial charge in [-0.3, -0.25) is 9.48 Å². The lowest BCUT2D eigenvalue weighted by Gasteiger charge is -2.08. The average Bonchev–Trinajstić information content (AvgIpc) is 2.81. The summed E-state index contributed by atoms with van der Waals surface area (Å²) in [5, 5.41) is 10.4. The van der Waals surface area contributed by atoms with Crippen molar-refractivity contribution in [3.05, 3.63) is 18.0 Å². The van der Waals surface area contributed by atoms with Gasteiger partial charge in [0.1, 0.15) is 0 Å². The van der Waals surface area contributed by atoms with Crippen molar-refractivity contribution in [3.8, 4) is 0 Å². The topological polar surface area (TPSA) is 59.0 Å². The highest BCUT2D eigenvalue weighted by atomic mass is 16.1. The van der Waals surface area contributed by atoms with Gasteiger partial charge in [0, 0.05) is 43.9 Å². The number of nitrogens with one attached hydrogen (secondary N) is 2. The normalized spacial score (nSPS) is 11.3. The van der Waals surface area contributed by atoms with Crippen LogP contribution in [0.25, 0.3) is 0 Å². The summed E-state index contributed by atoms with van der Waals surface area (Å²) in [6.07, 6.45) is 4.42. The highest BCUT2D eigenvalue weighted by Crippen LogP contribution is 2.04. The molecule has 0 unspecified atom stereocenters. The molecule has 0 bridgehead atoms. The number of carbonyl (C=O) groups is 1. The van der Waals surface area contributed by atoms with Crippen molar-refractivity contribution in [1.29, 1.82) is 0 Å². The molecule has 1 aromatic heterocycles. The number of aromatic nitrogens is 2. The number of rotatable bonds is 8. The Morgan fingerprint density at radius 1 is 1.37 bits per heavy atom. The molecule has 1 amide bonds. The molecular weight excluding hydrogens is 240 g/mol. The van der Waals surface area contributed by atoms with Crippen molar-refractivity contribution >= 4 is 5.91 Å². The minimum Gasteiger partial charge on any atom is -0.356 e. The summed E-state index contributed by atoms with van der Waals surface area (Å²) < 4.78 is 1.94. The largest absolute Gasteiger partial charge is 0.356 e. The first-order valence-corrected chi connectivity index (χ1v) is 6.99. The van der Waals surface area contributed by atoms with Gasteiger partial charge < -0.3 is 10.6 Å². The Hall–Kier alpha value is -1.36. The van der Waals surface area contributed by atoms with E-state index in [9.17, 15) is 4.79 Å². The molecule has 1 rings (SSSR count). The van der Waals surface area contributed by atoms with E-state index >= 15 is 0 Å². The Morgan fingerprint density at radius 3 is 2.68 bits per heavy atom. The maximum atomic E-state index is 11.5. The van der Waals surface area contributed by atoms with Crippen molar-refractivity contribution in [2.24, 2.45) is 5.92 Å². The van der Waals surface area contributed by atoms with Gasteiger partial charge in [-0.25, -0.2) is 0 Å². The predicted octanol–water partition coefficient (Wildman–Crippen LogP) is 1.72. The van der Waals surface area contributed by atoms with Gasteiger partial charge in [-0.15, -0.1) is 0 Å². The fraction of sp³-hybridized carbons (Fsp3) is 0.714. The number of nitrogens with zero attached hydrogens (tertiary/aromatic N) is 2. The van der Waals surface area contributed by atoms with Crippen molar-refractivity contribution in [3.63, 3.8) is 0 Å². The van der Waals surface area contributed by atoms with Crippen LogP contribution in [0.1, 0.15) is 45.7 Å². The van der Waals surface area contributed by atoms with Crippen molar-refractivity contribution < 1.29 is 4.79 Å². The van der Waals surface area contributed by atoms with Crippen molar-refractivity contribution in [2.75, 3.05) is 13.1 Å². The highest BCUT2D eigenvalue weighted by molar-refractivity contribution is 5.76. The van der Waals surface area contributed by atoms with Gasteiger partial charge in [-0.2, -0.15) is 5.10 Å². The average molecular weight is 266 g/mol. The summed E-state index contributed by atoms with van der Waals surface area (Å²) in [5.74, 6) is 0.609. The quantitative estimate of drug-likeness (QED) is 0.704. The van der Waals surface area contributed by atoms with Crippen LogP contribution in [0.5, 0.6) is 0 Å². The van der Waals surface area contributed by atoms with E-state index in [0.29, 0.717) is 24.9 Å². The van der Waals surface area contributed by atoms with E-state index in [1.54, 1.807) is 0 Å². The molecule has 19 heavy (non-hydrogen) atoms. The Kier molecular flexibility index (Phi) is 6.56. The molecule has 0 aliphatic heterocycles. The second kappa shape index (κ2) is 7.94. The summed E-state index contributed by atoms with van der Waals surface area (Å²) in [7, 11) is 0. The van der Waals surface area contributed by atoms with Crippen molar-refractivity contribution in [2.45, 2.75) is 46.7 Å². The first-order valence-electron chi connectivity index (χ1n) is 6.99. The molecule has 108 valence electrons. The third kappa shape index (κ3) is 6.38. The van der Waals surface area contributed by atoms with Gasteiger partial charge in [-0.05, 0) is 19.8 Å². The van der Waals surface area contributed by atoms with E-state index in [-0.39, 0.29) is 5.91 Å². The molecule has 1 heterocycles. The minimum absolute atomic E-state index is 0.110. The van der Waals surface area contributed by atoms with E-state index in [1.807, 2.05) is 17.1 Å². The van der Waals surface area contributed by atoms with Crippen LogP contribution in [0, 0.1) is 5.92 Å². The molecule has 0 fully saturated rings. The molecule has 0 saturated heterocycles. The second-order valence-corrected chi connectivity index (χ2v) is 5.55. The first kappa shape index (κ1) is 15.7. The molecule has 0 spiro atoms. The summed E-state index contributed by atoms with van der Waals surface area (Å²) >= 11 is 0. The van der Waals surface area contributed by atoms with Crippen LogP contribution in [0.3, 0.4) is 0 Å². The van der Waals surface area contributed by atoms with Crippen molar-refractivity contribution in [1.82, 2.24) is 20.4 Å². The Labute approximate surface area is 115 Å². The number of amides is 1. The van der Waals surface area contributed by atoms with Crippen LogP contribution in [-0.2, 0) is 11.3 Å². The SMILES string of the molecule is CC(C)CNC(=O)CCNCc1cnn(C(C)C)c1. The van der Waals surface area contributed by atoms with E-state index in [1.165, 1.54) is 0 Å². The van der Waals surface area contributed by atoms with Gasteiger partial charge in [0.2, 0.25) is 5.91 Å². The first-order chi connectivity index (χ1) is 8.99. The molecule has 1 aromatic rings. The lowest BCUT2D eigenvalue weighted by atomic mass is 10.2. The zero-order valence-electron chi connectivity index (χ0n) is 12.4. The molecule has 0 saturated carbocycles. The van der Waals surface area contributed by atoms with Crippen LogP contribution in [0.2, 0.25) is 0 Å². The minimum atomic E-state index is 0.110. The molecule has 0 aliphatic rings. The van der Waals surface area contributed by atoms with Crippen LogP contribution in [0.15, 0.2) is 12.4 Å². The summed E-state index contributed by atoms with van der Waals surface area (Å²) in [6, 6.07) is 0.385. The lowest BCUT2D eigenvalue weighted by Crippen LogP contribution is -2.30. The van der Waals surface area contributed by atoms with Gasteiger partial charge >= 0.3 is 0 Å². The second-order valence-electron chi connectivity index (χ2n) is 5.55. The molecular formula is C14H26N4O. The van der Waals surface area contributed by atoms with Gasteiger partial charge in [-0.1, -0.05) is 13.8 Å². The van der Waals surface area contributed by atoms with Gasteiger partial charge in [0.05, 0.1) is 6.20 Å². The predicted molar refractivity (Wildman–Crippen MR) is 76.8 cm³/mol. The van der Waals surface area contributed by atoms with Crippen LogP contribution in [0.4, 0.5) is 0 Å². The maximum absolute atomic E-state index is 11.5. The fourth-order valence-corrected chi connectivity index (χ4v) is 1.59. The number of hydrogen-bond acceptors (Lipinski definition) is 3. The highest BCUT2D eigenvalue weighted by Gasteiger charge is 2.03. The van der Waals surface area contributed by atoms with E-state index in [0.717, 1.165) is 18.7 Å². The number of carbonyl (C=O) groups excluding carboxylic acids is 1. The van der Waals surface area contributed by atoms with E-state index in [2.05, 4.69) is 43.4 Å². The third-order valence-corrected chi connectivity index (χ3v) is 2.75. The fourth-order valence-electron chi connectivity index (χ4n) is 1.59. The van der Waals surface area contributed by atoms with Crippen LogP contribution < -0.4 is 10.6 Å². The Balaban J connectivity index is 2.14. The summed E-state index contributed by atoms with van der Waals surface area (Å²) in [6.45, 7) is 10.6.